The molecule has 1 aliphatic rings. The molecule has 0 saturated carbocycles. The molecule has 0 bridgehead atoms. The van der Waals surface area contributed by atoms with Gasteiger partial charge in [-0.15, -0.1) is 0 Å². The zero-order valence-electron chi connectivity index (χ0n) is 15.3. The summed E-state index contributed by atoms with van der Waals surface area (Å²) < 4.78 is 0. The summed E-state index contributed by atoms with van der Waals surface area (Å²) in [5.41, 5.74) is 1.39. The molecular weight excluding hydrogens is 298 g/mol. The van der Waals surface area contributed by atoms with Crippen LogP contribution in [0.5, 0.6) is 0 Å². The third-order valence-corrected chi connectivity index (χ3v) is 4.74. The molecule has 24 heavy (non-hydrogen) atoms. The Morgan fingerprint density at radius 2 is 1.83 bits per heavy atom. The van der Waals surface area contributed by atoms with E-state index in [-0.39, 0.29) is 5.91 Å². The van der Waals surface area contributed by atoms with E-state index < -0.39 is 5.41 Å². The van der Waals surface area contributed by atoms with Crippen LogP contribution in [0.3, 0.4) is 0 Å². The van der Waals surface area contributed by atoms with E-state index in [9.17, 15) is 4.79 Å². The van der Waals surface area contributed by atoms with Gasteiger partial charge in [-0.1, -0.05) is 38.1 Å². The van der Waals surface area contributed by atoms with E-state index in [0.717, 1.165) is 37.0 Å². The van der Waals surface area contributed by atoms with Crippen molar-refractivity contribution in [3.8, 4) is 6.07 Å². The Kier molecular flexibility index (Phi) is 6.01. The lowest BCUT2D eigenvalue weighted by Gasteiger charge is -2.35. The number of hydrogen-bond donors (Lipinski definition) is 1. The monoisotopic (exact) mass is 327 g/mol. The summed E-state index contributed by atoms with van der Waals surface area (Å²) in [6.07, 6.45) is 1.30. The van der Waals surface area contributed by atoms with Crippen molar-refractivity contribution >= 4 is 5.91 Å². The van der Waals surface area contributed by atoms with E-state index in [1.807, 2.05) is 12.1 Å². The Morgan fingerprint density at radius 3 is 2.42 bits per heavy atom. The first-order chi connectivity index (χ1) is 11.3. The third kappa shape index (κ3) is 4.82. The molecule has 0 radical (unpaired) electrons. The molecule has 1 aromatic carbocycles. The number of likely N-dealkylation sites (tertiary alicyclic amines) is 1. The average molecular weight is 327 g/mol. The maximum Gasteiger partial charge on any atom is 0.240 e. The van der Waals surface area contributed by atoms with Crippen molar-refractivity contribution in [1.29, 1.82) is 5.26 Å². The van der Waals surface area contributed by atoms with Crippen LogP contribution in [0.4, 0.5) is 0 Å². The molecule has 4 nitrogen and oxygen atoms in total. The van der Waals surface area contributed by atoms with Crippen LogP contribution in [-0.4, -0.2) is 23.9 Å². The lowest BCUT2D eigenvalue weighted by atomic mass is 9.91. The zero-order valence-corrected chi connectivity index (χ0v) is 15.3. The van der Waals surface area contributed by atoms with Crippen LogP contribution < -0.4 is 5.32 Å². The highest BCUT2D eigenvalue weighted by atomic mass is 16.2. The second kappa shape index (κ2) is 7.81. The van der Waals surface area contributed by atoms with Crippen molar-refractivity contribution in [2.24, 2.45) is 17.3 Å². The molecule has 1 aromatic rings. The summed E-state index contributed by atoms with van der Waals surface area (Å²) in [5.74, 6) is 1.24. The number of carbonyl (C=O) groups is 1. The molecule has 0 spiro atoms. The zero-order chi connectivity index (χ0) is 17.7. The predicted octanol–water partition coefficient (Wildman–Crippen LogP) is 3.33. The van der Waals surface area contributed by atoms with Crippen LogP contribution in [0.1, 0.15) is 45.2 Å². The maximum atomic E-state index is 12.1. The molecule has 4 heteroatoms. The summed E-state index contributed by atoms with van der Waals surface area (Å²) in [6, 6.07) is 10.3. The van der Waals surface area contributed by atoms with Crippen LogP contribution in [0.15, 0.2) is 24.3 Å². The van der Waals surface area contributed by atoms with Crippen molar-refractivity contribution in [2.75, 3.05) is 13.1 Å². The lowest BCUT2D eigenvalue weighted by Crippen LogP contribution is -2.38. The molecule has 0 aliphatic carbocycles. The van der Waals surface area contributed by atoms with Gasteiger partial charge in [-0.25, -0.2) is 0 Å². The van der Waals surface area contributed by atoms with Gasteiger partial charge in [0.15, 0.2) is 0 Å². The molecule has 2 atom stereocenters. The van der Waals surface area contributed by atoms with Gasteiger partial charge in [0.05, 0.1) is 6.07 Å². The molecule has 2 rings (SSSR count). The number of hydrogen-bond acceptors (Lipinski definition) is 3. The van der Waals surface area contributed by atoms with Crippen molar-refractivity contribution in [3.63, 3.8) is 0 Å². The highest BCUT2D eigenvalue weighted by molar-refractivity contribution is 5.84. The minimum absolute atomic E-state index is 0.222. The van der Waals surface area contributed by atoms with Gasteiger partial charge in [-0.05, 0) is 43.2 Å². The lowest BCUT2D eigenvalue weighted by molar-refractivity contribution is -0.126. The van der Waals surface area contributed by atoms with E-state index in [1.165, 1.54) is 12.0 Å². The highest BCUT2D eigenvalue weighted by Gasteiger charge is 2.27. The smallest absolute Gasteiger partial charge is 0.240 e. The van der Waals surface area contributed by atoms with Gasteiger partial charge in [0.1, 0.15) is 5.41 Å². The Labute approximate surface area is 145 Å². The molecule has 1 aliphatic heterocycles. The van der Waals surface area contributed by atoms with E-state index >= 15 is 0 Å². The van der Waals surface area contributed by atoms with Crippen LogP contribution in [-0.2, 0) is 17.9 Å². The van der Waals surface area contributed by atoms with Gasteiger partial charge >= 0.3 is 0 Å². The minimum atomic E-state index is -0.993. The van der Waals surface area contributed by atoms with E-state index in [2.05, 4.69) is 42.3 Å². The quantitative estimate of drug-likeness (QED) is 0.902. The second-order valence-corrected chi connectivity index (χ2v) is 7.83. The van der Waals surface area contributed by atoms with E-state index in [0.29, 0.717) is 6.54 Å². The van der Waals surface area contributed by atoms with Crippen LogP contribution in [0.2, 0.25) is 0 Å². The Morgan fingerprint density at radius 1 is 1.25 bits per heavy atom. The normalized spacial score (nSPS) is 22.0. The van der Waals surface area contributed by atoms with Crippen molar-refractivity contribution in [1.82, 2.24) is 10.2 Å². The first kappa shape index (κ1) is 18.5. The van der Waals surface area contributed by atoms with Crippen molar-refractivity contribution in [3.05, 3.63) is 35.4 Å². The summed E-state index contributed by atoms with van der Waals surface area (Å²) in [5, 5.41) is 12.0. The second-order valence-electron chi connectivity index (χ2n) is 7.83. The summed E-state index contributed by atoms with van der Waals surface area (Å²) in [4.78, 5) is 14.6. The molecule has 1 fully saturated rings. The van der Waals surface area contributed by atoms with Crippen LogP contribution >= 0.6 is 0 Å². The number of nitrogens with zero attached hydrogens (tertiary/aromatic N) is 2. The number of rotatable bonds is 5. The molecule has 1 saturated heterocycles. The van der Waals surface area contributed by atoms with E-state index in [1.54, 1.807) is 13.8 Å². The molecular formula is C20H29N3O. The number of nitrogens with one attached hydrogen (secondary N) is 1. The molecule has 2 unspecified atom stereocenters. The largest absolute Gasteiger partial charge is 0.351 e. The van der Waals surface area contributed by atoms with Gasteiger partial charge in [0.25, 0.3) is 0 Å². The average Bonchev–Trinajstić information content (AvgIpc) is 2.52. The van der Waals surface area contributed by atoms with Gasteiger partial charge in [0, 0.05) is 26.2 Å². The maximum absolute atomic E-state index is 12.1. The van der Waals surface area contributed by atoms with Gasteiger partial charge in [-0.2, -0.15) is 5.26 Å². The first-order valence-electron chi connectivity index (χ1n) is 8.80. The summed E-state index contributed by atoms with van der Waals surface area (Å²) in [6.45, 7) is 11.6. The fourth-order valence-electron chi connectivity index (χ4n) is 3.49. The first-order valence-corrected chi connectivity index (χ1v) is 8.80. The molecule has 130 valence electrons. The molecule has 0 aromatic heterocycles. The fourth-order valence-corrected chi connectivity index (χ4v) is 3.49. The highest BCUT2D eigenvalue weighted by Crippen LogP contribution is 2.23. The summed E-state index contributed by atoms with van der Waals surface area (Å²) >= 11 is 0. The van der Waals surface area contributed by atoms with Crippen LogP contribution in [0, 0.1) is 28.6 Å². The van der Waals surface area contributed by atoms with Crippen molar-refractivity contribution < 1.29 is 4.79 Å². The number of piperidine rings is 1. The van der Waals surface area contributed by atoms with Gasteiger partial charge in [0.2, 0.25) is 5.91 Å². The molecule has 1 heterocycles. The standard InChI is InChI=1S/C20H29N3O/c1-15-9-16(2)12-23(11-15)13-18-8-6-5-7-17(18)10-22-19(24)20(3,4)14-21/h5-8,15-16H,9-13H2,1-4H3,(H,22,24). The summed E-state index contributed by atoms with van der Waals surface area (Å²) in [7, 11) is 0. The minimum Gasteiger partial charge on any atom is -0.351 e. The number of benzene rings is 1. The van der Waals surface area contributed by atoms with Crippen LogP contribution in [0.25, 0.3) is 0 Å². The Hall–Kier alpha value is -1.86. The third-order valence-electron chi connectivity index (χ3n) is 4.74. The Bertz CT molecular complexity index is 608. The Balaban J connectivity index is 2.02. The number of amides is 1. The van der Waals surface area contributed by atoms with E-state index in [4.69, 9.17) is 5.26 Å². The number of carbonyl (C=O) groups excluding carboxylic acids is 1. The fraction of sp³-hybridized carbons (Fsp3) is 0.600. The van der Waals surface area contributed by atoms with Crippen molar-refractivity contribution in [2.45, 2.75) is 47.2 Å². The SMILES string of the molecule is CC1CC(C)CN(Cc2ccccc2CNC(=O)C(C)(C)C#N)C1. The topological polar surface area (TPSA) is 56.1 Å². The van der Waals surface area contributed by atoms with Gasteiger partial charge < -0.3 is 5.32 Å². The molecule has 1 N–H and O–H groups in total. The van der Waals surface area contributed by atoms with Gasteiger partial charge in [-0.3, -0.25) is 9.69 Å². The number of nitriles is 1. The predicted molar refractivity (Wildman–Crippen MR) is 95.9 cm³/mol. The molecule has 1 amide bonds.